The first-order valence-corrected chi connectivity index (χ1v) is 9.65. The molecule has 3 aliphatic rings. The summed E-state index contributed by atoms with van der Waals surface area (Å²) in [6.07, 6.45) is 1.75. The van der Waals surface area contributed by atoms with Gasteiger partial charge in [0.2, 0.25) is 17.7 Å². The fourth-order valence-corrected chi connectivity index (χ4v) is 4.40. The quantitative estimate of drug-likeness (QED) is 0.758. The molecule has 0 saturated carbocycles. The lowest BCUT2D eigenvalue weighted by atomic mass is 9.96. The summed E-state index contributed by atoms with van der Waals surface area (Å²) in [6, 6.07) is 5.10. The van der Waals surface area contributed by atoms with E-state index in [-0.39, 0.29) is 30.1 Å². The second-order valence-corrected chi connectivity index (χ2v) is 7.74. The number of imide groups is 1. The van der Waals surface area contributed by atoms with Gasteiger partial charge in [0.05, 0.1) is 11.8 Å². The van der Waals surface area contributed by atoms with E-state index < -0.39 is 17.9 Å². The van der Waals surface area contributed by atoms with Crippen LogP contribution in [0.1, 0.15) is 44.1 Å². The smallest absolute Gasteiger partial charge is 0.306 e. The number of carboxylic acid groups (broad SMARTS) is 1. The highest BCUT2D eigenvalue weighted by atomic mass is 16.4. The zero-order valence-corrected chi connectivity index (χ0v) is 15.7. The summed E-state index contributed by atoms with van der Waals surface area (Å²) in [5.74, 6) is -2.27. The molecule has 0 aromatic heterocycles. The van der Waals surface area contributed by atoms with Crippen molar-refractivity contribution in [3.63, 3.8) is 0 Å². The Labute approximate surface area is 162 Å². The monoisotopic (exact) mass is 385 g/mol. The fourth-order valence-electron chi connectivity index (χ4n) is 4.40. The van der Waals surface area contributed by atoms with E-state index in [0.29, 0.717) is 32.4 Å². The van der Waals surface area contributed by atoms with Crippen molar-refractivity contribution in [2.45, 2.75) is 44.6 Å². The van der Waals surface area contributed by atoms with Gasteiger partial charge in [0.1, 0.15) is 6.04 Å². The Balaban J connectivity index is 1.58. The van der Waals surface area contributed by atoms with Crippen LogP contribution in [-0.2, 0) is 19.2 Å². The Morgan fingerprint density at radius 3 is 2.50 bits per heavy atom. The van der Waals surface area contributed by atoms with Crippen LogP contribution in [0.15, 0.2) is 18.2 Å². The van der Waals surface area contributed by atoms with Crippen LogP contribution in [0.3, 0.4) is 0 Å². The first-order chi connectivity index (χ1) is 13.4. The van der Waals surface area contributed by atoms with Crippen LogP contribution >= 0.6 is 0 Å². The van der Waals surface area contributed by atoms with Gasteiger partial charge in [-0.05, 0) is 49.9 Å². The van der Waals surface area contributed by atoms with E-state index in [2.05, 4.69) is 10.2 Å². The summed E-state index contributed by atoms with van der Waals surface area (Å²) < 4.78 is 0. The number of hydrogen-bond donors (Lipinski definition) is 2. The van der Waals surface area contributed by atoms with Gasteiger partial charge in [-0.15, -0.1) is 0 Å². The molecule has 148 valence electrons. The molecule has 3 aliphatic heterocycles. The number of carboxylic acids is 1. The molecule has 1 aromatic rings. The van der Waals surface area contributed by atoms with E-state index in [9.17, 15) is 19.2 Å². The van der Waals surface area contributed by atoms with Gasteiger partial charge in [0, 0.05) is 30.9 Å². The van der Waals surface area contributed by atoms with E-state index in [1.807, 2.05) is 25.1 Å². The van der Waals surface area contributed by atoms with Crippen LogP contribution in [0.5, 0.6) is 0 Å². The predicted molar refractivity (Wildman–Crippen MR) is 101 cm³/mol. The van der Waals surface area contributed by atoms with Crippen LogP contribution in [0.4, 0.5) is 11.4 Å². The Kier molecular flexibility index (Phi) is 4.56. The van der Waals surface area contributed by atoms with Gasteiger partial charge < -0.3 is 10.0 Å². The second-order valence-electron chi connectivity index (χ2n) is 7.74. The number of piperidine rings is 2. The van der Waals surface area contributed by atoms with Crippen molar-refractivity contribution in [3.05, 3.63) is 23.8 Å². The average Bonchev–Trinajstić information content (AvgIpc) is 2.92. The summed E-state index contributed by atoms with van der Waals surface area (Å²) >= 11 is 0. The van der Waals surface area contributed by atoms with Gasteiger partial charge in [-0.3, -0.25) is 29.4 Å². The molecule has 1 unspecified atom stereocenters. The molecule has 0 aliphatic carbocycles. The molecule has 0 radical (unpaired) electrons. The summed E-state index contributed by atoms with van der Waals surface area (Å²) in [4.78, 5) is 51.4. The number of anilines is 2. The van der Waals surface area contributed by atoms with Gasteiger partial charge >= 0.3 is 5.97 Å². The number of carbonyl (C=O) groups excluding carboxylic acids is 3. The van der Waals surface area contributed by atoms with Crippen molar-refractivity contribution in [2.24, 2.45) is 5.92 Å². The molecule has 0 bridgehead atoms. The molecule has 28 heavy (non-hydrogen) atoms. The maximum Gasteiger partial charge on any atom is 0.306 e. The summed E-state index contributed by atoms with van der Waals surface area (Å²) in [5.41, 5.74) is 2.55. The Hall–Kier alpha value is -2.90. The number of rotatable bonds is 3. The second kappa shape index (κ2) is 6.92. The maximum absolute atomic E-state index is 12.9. The summed E-state index contributed by atoms with van der Waals surface area (Å²) in [5, 5.41) is 11.5. The third-order valence-electron chi connectivity index (χ3n) is 6.08. The molecule has 4 rings (SSSR count). The fraction of sp³-hybridized carbons (Fsp3) is 0.500. The van der Waals surface area contributed by atoms with Crippen LogP contribution < -0.4 is 15.1 Å². The summed E-state index contributed by atoms with van der Waals surface area (Å²) in [7, 11) is 0. The van der Waals surface area contributed by atoms with E-state index in [4.69, 9.17) is 5.11 Å². The molecule has 3 heterocycles. The van der Waals surface area contributed by atoms with Crippen molar-refractivity contribution in [2.75, 3.05) is 22.9 Å². The highest BCUT2D eigenvalue weighted by Gasteiger charge is 2.43. The van der Waals surface area contributed by atoms with Gasteiger partial charge in [-0.2, -0.15) is 0 Å². The SMILES string of the molecule is C[C@@H]1C(=O)N(C2CCC(=O)NC2=O)c2ccc(N3CCC(C(=O)O)CC3)cc21. The third-order valence-corrected chi connectivity index (χ3v) is 6.08. The van der Waals surface area contributed by atoms with E-state index in [1.54, 1.807) is 0 Å². The predicted octanol–water partition coefficient (Wildman–Crippen LogP) is 1.24. The molecule has 8 nitrogen and oxygen atoms in total. The lowest BCUT2D eigenvalue weighted by Gasteiger charge is -2.33. The van der Waals surface area contributed by atoms with E-state index in [1.165, 1.54) is 4.90 Å². The number of amides is 3. The zero-order chi connectivity index (χ0) is 20.0. The van der Waals surface area contributed by atoms with Gasteiger partial charge in [0.25, 0.3) is 0 Å². The number of hydrogen-bond acceptors (Lipinski definition) is 5. The van der Waals surface area contributed by atoms with Crippen molar-refractivity contribution < 1.29 is 24.3 Å². The van der Waals surface area contributed by atoms with Crippen molar-refractivity contribution >= 4 is 35.1 Å². The number of aliphatic carboxylic acids is 1. The Morgan fingerprint density at radius 1 is 1.14 bits per heavy atom. The minimum Gasteiger partial charge on any atom is -0.481 e. The average molecular weight is 385 g/mol. The number of nitrogens with zero attached hydrogens (tertiary/aromatic N) is 2. The van der Waals surface area contributed by atoms with Crippen molar-refractivity contribution in [3.8, 4) is 0 Å². The minimum atomic E-state index is -0.743. The Bertz CT molecular complexity index is 859. The highest BCUT2D eigenvalue weighted by molar-refractivity contribution is 6.12. The van der Waals surface area contributed by atoms with Gasteiger partial charge in [-0.1, -0.05) is 0 Å². The molecular weight excluding hydrogens is 362 g/mol. The molecule has 1 aromatic carbocycles. The Morgan fingerprint density at radius 2 is 1.86 bits per heavy atom. The number of fused-ring (bicyclic) bond motifs is 1. The molecule has 3 amide bonds. The zero-order valence-electron chi connectivity index (χ0n) is 15.7. The molecule has 8 heteroatoms. The topological polar surface area (TPSA) is 107 Å². The number of carbonyl (C=O) groups is 4. The van der Waals surface area contributed by atoms with Crippen molar-refractivity contribution in [1.82, 2.24) is 5.32 Å². The van der Waals surface area contributed by atoms with E-state index in [0.717, 1.165) is 16.9 Å². The third kappa shape index (κ3) is 3.02. The van der Waals surface area contributed by atoms with Gasteiger partial charge in [0.15, 0.2) is 0 Å². The lowest BCUT2D eigenvalue weighted by Crippen LogP contribution is -2.53. The minimum absolute atomic E-state index is 0.133. The first-order valence-electron chi connectivity index (χ1n) is 9.65. The largest absolute Gasteiger partial charge is 0.481 e. The molecule has 2 fully saturated rings. The van der Waals surface area contributed by atoms with Crippen molar-refractivity contribution in [1.29, 1.82) is 0 Å². The number of nitrogens with one attached hydrogen (secondary N) is 1. The molecular formula is C20H23N3O5. The first kappa shape index (κ1) is 18.5. The maximum atomic E-state index is 12.9. The number of benzene rings is 1. The van der Waals surface area contributed by atoms with E-state index >= 15 is 0 Å². The normalized spacial score (nSPS) is 25.7. The van der Waals surface area contributed by atoms with Crippen LogP contribution in [0, 0.1) is 5.92 Å². The van der Waals surface area contributed by atoms with Crippen LogP contribution in [-0.4, -0.2) is 47.9 Å². The van der Waals surface area contributed by atoms with Crippen LogP contribution in [0.25, 0.3) is 0 Å². The van der Waals surface area contributed by atoms with Gasteiger partial charge in [-0.25, -0.2) is 0 Å². The summed E-state index contributed by atoms with van der Waals surface area (Å²) in [6.45, 7) is 3.15. The highest BCUT2D eigenvalue weighted by Crippen LogP contribution is 2.42. The van der Waals surface area contributed by atoms with Crippen LogP contribution in [0.2, 0.25) is 0 Å². The standard InChI is InChI=1S/C20H23N3O5/c1-11-14-10-13(22-8-6-12(7-9-22)20(27)28)2-3-15(14)23(19(11)26)16-4-5-17(24)21-18(16)25/h2-3,10-12,16H,4-9H2,1H3,(H,27,28)(H,21,24,25)/t11-,16?/m0/s1. The molecule has 2 atom stereocenters. The lowest BCUT2D eigenvalue weighted by molar-refractivity contribution is -0.142. The molecule has 2 saturated heterocycles. The molecule has 2 N–H and O–H groups in total. The molecule has 0 spiro atoms.